The molecule has 0 fully saturated rings. The van der Waals surface area contributed by atoms with Gasteiger partial charge in [-0.05, 0) is 48.2 Å². The number of hydrogen-bond acceptors (Lipinski definition) is 1. The number of hydrogen-bond donors (Lipinski definition) is 1. The van der Waals surface area contributed by atoms with Crippen LogP contribution in [0.1, 0.15) is 36.1 Å². The number of benzene rings is 3. The summed E-state index contributed by atoms with van der Waals surface area (Å²) in [5.74, 6) is 0. The number of fused-ring (bicyclic) bond motifs is 1. The molecular formula is C27H28N2. The van der Waals surface area contributed by atoms with Crippen LogP contribution in [0.5, 0.6) is 0 Å². The van der Waals surface area contributed by atoms with Gasteiger partial charge >= 0.3 is 0 Å². The maximum atomic E-state index is 4.57. The van der Waals surface area contributed by atoms with Gasteiger partial charge in [-0.2, -0.15) is 0 Å². The lowest BCUT2D eigenvalue weighted by molar-refractivity contribution is 0.703. The normalized spacial score (nSPS) is 12.1. The number of aromatic nitrogens is 1. The summed E-state index contributed by atoms with van der Waals surface area (Å²) in [7, 11) is 0. The minimum Gasteiger partial charge on any atom is -0.374 e. The molecule has 1 heterocycles. The van der Waals surface area contributed by atoms with Crippen molar-refractivity contribution in [2.45, 2.75) is 32.9 Å². The monoisotopic (exact) mass is 380 g/mol. The first-order valence-electron chi connectivity index (χ1n) is 10.3. The molecule has 2 nitrogen and oxygen atoms in total. The fourth-order valence-electron chi connectivity index (χ4n) is 4.00. The quantitative estimate of drug-likeness (QED) is 0.358. The molecule has 1 N–H and O–H groups in total. The van der Waals surface area contributed by atoms with Crippen molar-refractivity contribution < 1.29 is 0 Å². The Morgan fingerprint density at radius 3 is 2.48 bits per heavy atom. The minimum atomic E-state index is -0.00103. The minimum absolute atomic E-state index is 0.00103. The molecule has 1 atom stereocenters. The second kappa shape index (κ2) is 8.40. The van der Waals surface area contributed by atoms with Crippen LogP contribution in [0.25, 0.3) is 16.5 Å². The van der Waals surface area contributed by atoms with E-state index in [0.29, 0.717) is 0 Å². The highest BCUT2D eigenvalue weighted by molar-refractivity contribution is 5.94. The van der Waals surface area contributed by atoms with Crippen molar-refractivity contribution in [1.82, 2.24) is 4.57 Å². The Bertz CT molecular complexity index is 1120. The predicted octanol–water partition coefficient (Wildman–Crippen LogP) is 7.23. The lowest BCUT2D eigenvalue weighted by atomic mass is 9.93. The molecular weight excluding hydrogens is 352 g/mol. The van der Waals surface area contributed by atoms with E-state index >= 15 is 0 Å². The summed E-state index contributed by atoms with van der Waals surface area (Å²) in [5, 5.41) is 4.99. The molecule has 1 unspecified atom stereocenters. The zero-order chi connectivity index (χ0) is 20.2. The standard InChI is InChI=1S/C27H28N2/c1-4-17-29-19-25(24-15-8-9-16-26(24)29)21(3)27(22-12-6-5-7-13-22)28-23-14-10-11-20(2)18-23/h5-16,18-19,27-28H,3-4,17H2,1-2H3. The third-order valence-electron chi connectivity index (χ3n) is 5.41. The zero-order valence-corrected chi connectivity index (χ0v) is 17.2. The van der Waals surface area contributed by atoms with Crippen molar-refractivity contribution in [3.05, 3.63) is 108 Å². The number of rotatable bonds is 7. The molecule has 0 saturated heterocycles. The molecule has 0 aliphatic rings. The van der Waals surface area contributed by atoms with Gasteiger partial charge in [-0.3, -0.25) is 0 Å². The Labute approximate surface area is 173 Å². The number of para-hydroxylation sites is 1. The fourth-order valence-corrected chi connectivity index (χ4v) is 4.00. The van der Waals surface area contributed by atoms with Crippen LogP contribution >= 0.6 is 0 Å². The summed E-state index contributed by atoms with van der Waals surface area (Å²) in [6.45, 7) is 9.92. The van der Waals surface area contributed by atoms with E-state index in [2.05, 4.69) is 115 Å². The zero-order valence-electron chi connectivity index (χ0n) is 17.2. The molecule has 0 amide bonds. The van der Waals surface area contributed by atoms with Gasteiger partial charge in [0.05, 0.1) is 6.04 Å². The van der Waals surface area contributed by atoms with Gasteiger partial charge in [0.25, 0.3) is 0 Å². The largest absolute Gasteiger partial charge is 0.374 e. The highest BCUT2D eigenvalue weighted by Crippen LogP contribution is 2.36. The van der Waals surface area contributed by atoms with Gasteiger partial charge in [0.1, 0.15) is 0 Å². The van der Waals surface area contributed by atoms with Crippen LogP contribution < -0.4 is 5.32 Å². The summed E-state index contributed by atoms with van der Waals surface area (Å²) in [5.41, 5.74) is 7.13. The second-order valence-corrected chi connectivity index (χ2v) is 7.64. The molecule has 2 heteroatoms. The van der Waals surface area contributed by atoms with Crippen molar-refractivity contribution in [2.24, 2.45) is 0 Å². The smallest absolute Gasteiger partial charge is 0.0768 e. The second-order valence-electron chi connectivity index (χ2n) is 7.64. The molecule has 0 aliphatic heterocycles. The van der Waals surface area contributed by atoms with Crippen molar-refractivity contribution in [2.75, 3.05) is 5.32 Å². The lowest BCUT2D eigenvalue weighted by Crippen LogP contribution is -2.12. The number of nitrogens with zero attached hydrogens (tertiary/aromatic N) is 1. The predicted molar refractivity (Wildman–Crippen MR) is 125 cm³/mol. The van der Waals surface area contributed by atoms with Crippen molar-refractivity contribution in [1.29, 1.82) is 0 Å². The summed E-state index contributed by atoms with van der Waals surface area (Å²) in [6, 6.07) is 27.7. The topological polar surface area (TPSA) is 17.0 Å². The van der Waals surface area contributed by atoms with E-state index in [1.807, 2.05) is 0 Å². The van der Waals surface area contributed by atoms with Crippen molar-refractivity contribution in [3.8, 4) is 0 Å². The van der Waals surface area contributed by atoms with Crippen LogP contribution in [-0.2, 0) is 6.54 Å². The van der Waals surface area contributed by atoms with Gasteiger partial charge < -0.3 is 9.88 Å². The highest BCUT2D eigenvalue weighted by Gasteiger charge is 2.20. The summed E-state index contributed by atoms with van der Waals surface area (Å²) in [6.07, 6.45) is 3.37. The van der Waals surface area contributed by atoms with Crippen LogP contribution in [0.3, 0.4) is 0 Å². The number of nitrogens with one attached hydrogen (secondary N) is 1. The summed E-state index contributed by atoms with van der Waals surface area (Å²) in [4.78, 5) is 0. The maximum Gasteiger partial charge on any atom is 0.0768 e. The average molecular weight is 381 g/mol. The van der Waals surface area contributed by atoms with Crippen LogP contribution in [0.15, 0.2) is 91.6 Å². The van der Waals surface area contributed by atoms with E-state index in [4.69, 9.17) is 0 Å². The molecule has 0 saturated carbocycles. The molecule has 0 bridgehead atoms. The van der Waals surface area contributed by atoms with Gasteiger partial charge in [0.2, 0.25) is 0 Å². The van der Waals surface area contributed by atoms with E-state index in [9.17, 15) is 0 Å². The van der Waals surface area contributed by atoms with Crippen molar-refractivity contribution >= 4 is 22.2 Å². The first kappa shape index (κ1) is 19.1. The number of anilines is 1. The fraction of sp³-hybridized carbons (Fsp3) is 0.185. The van der Waals surface area contributed by atoms with Crippen LogP contribution in [0.4, 0.5) is 5.69 Å². The van der Waals surface area contributed by atoms with Crippen LogP contribution in [-0.4, -0.2) is 4.57 Å². The van der Waals surface area contributed by atoms with E-state index in [1.54, 1.807) is 0 Å². The Morgan fingerprint density at radius 2 is 1.72 bits per heavy atom. The highest BCUT2D eigenvalue weighted by atomic mass is 15.0. The van der Waals surface area contributed by atoms with Gasteiger partial charge in [0.15, 0.2) is 0 Å². The first-order chi connectivity index (χ1) is 14.2. The Hall–Kier alpha value is -3.26. The van der Waals surface area contributed by atoms with Crippen LogP contribution in [0, 0.1) is 6.92 Å². The molecule has 4 rings (SSSR count). The van der Waals surface area contributed by atoms with Gasteiger partial charge in [-0.1, -0.05) is 74.2 Å². The van der Waals surface area contributed by atoms with Crippen LogP contribution in [0.2, 0.25) is 0 Å². The SMILES string of the molecule is C=C(c1cn(CCC)c2ccccc12)C(Nc1cccc(C)c1)c1ccccc1. The molecule has 4 aromatic rings. The van der Waals surface area contributed by atoms with Gasteiger partial charge in [0, 0.05) is 34.9 Å². The van der Waals surface area contributed by atoms with Crippen molar-refractivity contribution in [3.63, 3.8) is 0 Å². The average Bonchev–Trinajstić information content (AvgIpc) is 3.11. The van der Waals surface area contributed by atoms with E-state index in [1.165, 1.54) is 27.6 Å². The summed E-state index contributed by atoms with van der Waals surface area (Å²) >= 11 is 0. The third kappa shape index (κ3) is 3.97. The molecule has 3 aromatic carbocycles. The third-order valence-corrected chi connectivity index (χ3v) is 5.41. The number of aryl methyl sites for hydroxylation is 2. The van der Waals surface area contributed by atoms with E-state index < -0.39 is 0 Å². The molecule has 0 radical (unpaired) electrons. The molecule has 29 heavy (non-hydrogen) atoms. The maximum absolute atomic E-state index is 4.57. The summed E-state index contributed by atoms with van der Waals surface area (Å²) < 4.78 is 2.35. The molecule has 1 aromatic heterocycles. The Morgan fingerprint density at radius 1 is 0.966 bits per heavy atom. The Balaban J connectivity index is 1.79. The first-order valence-corrected chi connectivity index (χ1v) is 10.3. The Kier molecular flexibility index (Phi) is 5.53. The molecule has 146 valence electrons. The molecule has 0 aliphatic carbocycles. The lowest BCUT2D eigenvalue weighted by Gasteiger charge is -2.23. The van der Waals surface area contributed by atoms with E-state index in [-0.39, 0.29) is 6.04 Å². The van der Waals surface area contributed by atoms with E-state index in [0.717, 1.165) is 24.2 Å². The van der Waals surface area contributed by atoms with Gasteiger partial charge in [-0.25, -0.2) is 0 Å². The molecule has 0 spiro atoms. The van der Waals surface area contributed by atoms with Gasteiger partial charge in [-0.15, -0.1) is 0 Å².